The number of benzene rings is 1. The summed E-state index contributed by atoms with van der Waals surface area (Å²) in [5.41, 5.74) is 0.675. The van der Waals surface area contributed by atoms with Crippen LogP contribution >= 0.6 is 0 Å². The van der Waals surface area contributed by atoms with Crippen LogP contribution in [0.25, 0.3) is 0 Å². The van der Waals surface area contributed by atoms with E-state index in [-0.39, 0.29) is 16.7 Å². The number of sulfone groups is 1. The van der Waals surface area contributed by atoms with Gasteiger partial charge in [-0.25, -0.2) is 21.1 Å². The lowest BCUT2D eigenvalue weighted by Crippen LogP contribution is -2.22. The Morgan fingerprint density at radius 1 is 1.20 bits per heavy atom. The van der Waals surface area contributed by atoms with Crippen molar-refractivity contribution in [3.8, 4) is 0 Å². The summed E-state index contributed by atoms with van der Waals surface area (Å²) in [5.74, 6) is 0.0186. The standard InChI is InChI=1S/C12H16N2O4S2/c1-14(2)20(17,18)12-5-3-10(4-6-12)13-11-7-8-19(15,16)9-11/h3-8,11,13H,9H2,1-2H3. The molecule has 0 aromatic heterocycles. The SMILES string of the molecule is CN(C)S(=O)(=O)c1ccc(NC2C=CS(=O)(=O)C2)cc1. The lowest BCUT2D eigenvalue weighted by atomic mass is 10.2. The molecule has 0 radical (unpaired) electrons. The molecule has 1 aromatic carbocycles. The summed E-state index contributed by atoms with van der Waals surface area (Å²) in [7, 11) is -3.61. The highest BCUT2D eigenvalue weighted by atomic mass is 32.2. The van der Waals surface area contributed by atoms with E-state index < -0.39 is 19.9 Å². The molecule has 0 amide bonds. The van der Waals surface area contributed by atoms with Gasteiger partial charge >= 0.3 is 0 Å². The van der Waals surface area contributed by atoms with Gasteiger partial charge in [-0.2, -0.15) is 0 Å². The summed E-state index contributed by atoms with van der Waals surface area (Å²) >= 11 is 0. The normalized spacial score (nSPS) is 21.2. The van der Waals surface area contributed by atoms with Gasteiger partial charge in [-0.15, -0.1) is 0 Å². The van der Waals surface area contributed by atoms with E-state index in [1.807, 2.05) is 0 Å². The van der Waals surface area contributed by atoms with Crippen molar-refractivity contribution in [2.24, 2.45) is 0 Å². The molecule has 1 aromatic rings. The molecule has 0 fully saturated rings. The van der Waals surface area contributed by atoms with Crippen molar-refractivity contribution >= 4 is 25.5 Å². The highest BCUT2D eigenvalue weighted by molar-refractivity contribution is 7.94. The van der Waals surface area contributed by atoms with Crippen LogP contribution in [0.1, 0.15) is 0 Å². The number of rotatable bonds is 4. The highest BCUT2D eigenvalue weighted by Gasteiger charge is 2.22. The summed E-state index contributed by atoms with van der Waals surface area (Å²) in [6.45, 7) is 0. The molecule has 1 aliphatic rings. The fraction of sp³-hybridized carbons (Fsp3) is 0.333. The molecular weight excluding hydrogens is 300 g/mol. The van der Waals surface area contributed by atoms with Crippen LogP contribution in [0.4, 0.5) is 5.69 Å². The molecule has 1 unspecified atom stereocenters. The number of nitrogens with one attached hydrogen (secondary N) is 1. The van der Waals surface area contributed by atoms with E-state index in [9.17, 15) is 16.8 Å². The highest BCUT2D eigenvalue weighted by Crippen LogP contribution is 2.19. The van der Waals surface area contributed by atoms with Gasteiger partial charge in [-0.1, -0.05) is 6.08 Å². The van der Waals surface area contributed by atoms with Gasteiger partial charge in [0.1, 0.15) is 0 Å². The van der Waals surface area contributed by atoms with Crippen LogP contribution in [0, 0.1) is 0 Å². The lowest BCUT2D eigenvalue weighted by molar-refractivity contribution is 0.521. The second-order valence-corrected chi connectivity index (χ2v) is 8.80. The van der Waals surface area contributed by atoms with Crippen molar-refractivity contribution in [1.29, 1.82) is 0 Å². The maximum atomic E-state index is 11.9. The van der Waals surface area contributed by atoms with Gasteiger partial charge in [0.05, 0.1) is 16.7 Å². The average Bonchev–Trinajstić information content (AvgIpc) is 2.69. The van der Waals surface area contributed by atoms with E-state index in [4.69, 9.17) is 0 Å². The van der Waals surface area contributed by atoms with Gasteiger partial charge in [0.2, 0.25) is 10.0 Å². The second kappa shape index (κ2) is 5.19. The zero-order valence-corrected chi connectivity index (χ0v) is 12.8. The monoisotopic (exact) mass is 316 g/mol. The molecule has 0 aliphatic carbocycles. The number of anilines is 1. The lowest BCUT2D eigenvalue weighted by Gasteiger charge is -2.14. The van der Waals surface area contributed by atoms with Gasteiger partial charge in [0, 0.05) is 25.2 Å². The predicted molar refractivity (Wildman–Crippen MR) is 77.7 cm³/mol. The molecule has 0 saturated heterocycles. The Morgan fingerprint density at radius 2 is 1.80 bits per heavy atom. The molecule has 1 atom stereocenters. The number of hydrogen-bond acceptors (Lipinski definition) is 5. The molecule has 6 nitrogen and oxygen atoms in total. The van der Waals surface area contributed by atoms with Crippen molar-refractivity contribution in [3.63, 3.8) is 0 Å². The van der Waals surface area contributed by atoms with Crippen molar-refractivity contribution in [3.05, 3.63) is 35.7 Å². The first-order valence-electron chi connectivity index (χ1n) is 5.91. The zero-order valence-electron chi connectivity index (χ0n) is 11.1. The Balaban J connectivity index is 2.12. The van der Waals surface area contributed by atoms with E-state index in [2.05, 4.69) is 5.32 Å². The first-order valence-corrected chi connectivity index (χ1v) is 9.06. The van der Waals surface area contributed by atoms with Gasteiger partial charge in [0.25, 0.3) is 0 Å². The first-order chi connectivity index (χ1) is 9.21. The van der Waals surface area contributed by atoms with E-state index in [1.165, 1.54) is 31.6 Å². The van der Waals surface area contributed by atoms with Crippen molar-refractivity contribution in [2.75, 3.05) is 25.2 Å². The minimum Gasteiger partial charge on any atom is -0.378 e. The number of sulfonamides is 1. The van der Waals surface area contributed by atoms with E-state index in [0.29, 0.717) is 5.69 Å². The summed E-state index contributed by atoms with van der Waals surface area (Å²) in [6.07, 6.45) is 1.58. The molecular formula is C12H16N2O4S2. The Labute approximate surface area is 119 Å². The first kappa shape index (κ1) is 15.0. The van der Waals surface area contributed by atoms with E-state index in [0.717, 1.165) is 4.31 Å². The van der Waals surface area contributed by atoms with Gasteiger partial charge in [-0.3, -0.25) is 0 Å². The fourth-order valence-electron chi connectivity index (χ4n) is 1.81. The van der Waals surface area contributed by atoms with Gasteiger partial charge in [0.15, 0.2) is 9.84 Å². The molecule has 110 valence electrons. The quantitative estimate of drug-likeness (QED) is 0.882. The molecule has 1 N–H and O–H groups in total. The predicted octanol–water partition coefficient (Wildman–Crippen LogP) is 0.660. The smallest absolute Gasteiger partial charge is 0.242 e. The van der Waals surface area contributed by atoms with Gasteiger partial charge < -0.3 is 5.32 Å². The summed E-state index contributed by atoms with van der Waals surface area (Å²) in [5, 5.41) is 4.22. The van der Waals surface area contributed by atoms with Crippen LogP contribution in [-0.4, -0.2) is 47.0 Å². The number of hydrogen-bond donors (Lipinski definition) is 1. The largest absolute Gasteiger partial charge is 0.378 e. The van der Waals surface area contributed by atoms with Crippen LogP contribution in [-0.2, 0) is 19.9 Å². The third-order valence-corrected chi connectivity index (χ3v) is 6.14. The Kier molecular flexibility index (Phi) is 3.90. The third kappa shape index (κ3) is 3.20. The summed E-state index contributed by atoms with van der Waals surface area (Å²) in [6, 6.07) is 5.94. The molecule has 20 heavy (non-hydrogen) atoms. The van der Waals surface area contributed by atoms with E-state index >= 15 is 0 Å². The maximum Gasteiger partial charge on any atom is 0.242 e. The molecule has 1 aliphatic heterocycles. The van der Waals surface area contributed by atoms with Crippen LogP contribution in [0.3, 0.4) is 0 Å². The second-order valence-electron chi connectivity index (χ2n) is 4.72. The van der Waals surface area contributed by atoms with Crippen molar-refractivity contribution < 1.29 is 16.8 Å². The van der Waals surface area contributed by atoms with E-state index in [1.54, 1.807) is 18.2 Å². The van der Waals surface area contributed by atoms with Crippen LogP contribution < -0.4 is 5.32 Å². The Bertz CT molecular complexity index is 719. The minimum absolute atomic E-state index is 0.0186. The molecule has 0 spiro atoms. The third-order valence-electron chi connectivity index (χ3n) is 2.92. The fourth-order valence-corrected chi connectivity index (χ4v) is 3.95. The topological polar surface area (TPSA) is 83.6 Å². The van der Waals surface area contributed by atoms with Crippen LogP contribution in [0.2, 0.25) is 0 Å². The molecule has 0 saturated carbocycles. The molecule has 8 heteroatoms. The Morgan fingerprint density at radius 3 is 2.25 bits per heavy atom. The number of nitrogens with zero attached hydrogens (tertiary/aromatic N) is 1. The van der Waals surface area contributed by atoms with Crippen molar-refractivity contribution in [2.45, 2.75) is 10.9 Å². The molecule has 1 heterocycles. The molecule has 0 bridgehead atoms. The average molecular weight is 316 g/mol. The maximum absolute atomic E-state index is 11.9. The summed E-state index contributed by atoms with van der Waals surface area (Å²) < 4.78 is 47.5. The molecule has 2 rings (SSSR count). The van der Waals surface area contributed by atoms with Crippen LogP contribution in [0.15, 0.2) is 40.6 Å². The minimum atomic E-state index is -3.44. The van der Waals surface area contributed by atoms with Crippen LogP contribution in [0.5, 0.6) is 0 Å². The summed E-state index contributed by atoms with van der Waals surface area (Å²) in [4.78, 5) is 0.197. The van der Waals surface area contributed by atoms with Crippen molar-refractivity contribution in [1.82, 2.24) is 4.31 Å². The Hall–Kier alpha value is -1.38. The zero-order chi connectivity index (χ0) is 15.0. The van der Waals surface area contributed by atoms with Gasteiger partial charge in [-0.05, 0) is 24.3 Å².